The Morgan fingerprint density at radius 1 is 1.45 bits per heavy atom. The molecule has 1 aromatic heterocycles. The standard InChI is InChI=1S/C14H24N4OS/c1-8(2)5-16-14-17-12(15)11(20-14)13(19)18-6-9(3)10(4)7-18/h8-10H,5-7,15H2,1-4H3,(H,16,17). The van der Waals surface area contributed by atoms with Crippen molar-refractivity contribution < 1.29 is 4.79 Å². The average Bonchev–Trinajstić information content (AvgIpc) is 2.90. The summed E-state index contributed by atoms with van der Waals surface area (Å²) in [4.78, 5) is 19.2. The first-order chi connectivity index (χ1) is 9.38. The summed E-state index contributed by atoms with van der Waals surface area (Å²) in [5.74, 6) is 1.99. The molecule has 2 unspecified atom stereocenters. The number of carbonyl (C=O) groups excluding carboxylic acids is 1. The summed E-state index contributed by atoms with van der Waals surface area (Å²) in [5, 5.41) is 3.96. The fourth-order valence-electron chi connectivity index (χ4n) is 2.29. The van der Waals surface area contributed by atoms with Crippen molar-refractivity contribution in [2.75, 3.05) is 30.7 Å². The van der Waals surface area contributed by atoms with Gasteiger partial charge in [-0.2, -0.15) is 0 Å². The summed E-state index contributed by atoms with van der Waals surface area (Å²) in [7, 11) is 0. The van der Waals surface area contributed by atoms with Gasteiger partial charge < -0.3 is 16.0 Å². The molecule has 0 saturated carbocycles. The fourth-order valence-corrected chi connectivity index (χ4v) is 3.15. The topological polar surface area (TPSA) is 71.2 Å². The molecule has 1 saturated heterocycles. The molecular weight excluding hydrogens is 272 g/mol. The molecule has 112 valence electrons. The SMILES string of the molecule is CC(C)CNc1nc(N)c(C(=O)N2CC(C)C(C)C2)s1. The number of rotatable bonds is 4. The quantitative estimate of drug-likeness (QED) is 0.895. The van der Waals surface area contributed by atoms with E-state index in [2.05, 4.69) is 38.0 Å². The number of carbonyl (C=O) groups is 1. The van der Waals surface area contributed by atoms with Gasteiger partial charge >= 0.3 is 0 Å². The van der Waals surface area contributed by atoms with Crippen molar-refractivity contribution in [3.63, 3.8) is 0 Å². The first-order valence-corrected chi connectivity index (χ1v) is 7.99. The van der Waals surface area contributed by atoms with Crippen molar-refractivity contribution in [2.24, 2.45) is 17.8 Å². The molecule has 1 aliphatic rings. The largest absolute Gasteiger partial charge is 0.382 e. The number of nitrogens with two attached hydrogens (primary N) is 1. The first-order valence-electron chi connectivity index (χ1n) is 7.18. The van der Waals surface area contributed by atoms with Crippen molar-refractivity contribution in [3.05, 3.63) is 4.88 Å². The van der Waals surface area contributed by atoms with E-state index in [1.54, 1.807) is 0 Å². The van der Waals surface area contributed by atoms with Crippen molar-refractivity contribution in [3.8, 4) is 0 Å². The van der Waals surface area contributed by atoms with E-state index < -0.39 is 0 Å². The van der Waals surface area contributed by atoms with Gasteiger partial charge in [0.1, 0.15) is 10.7 Å². The number of nitrogen functional groups attached to an aromatic ring is 1. The summed E-state index contributed by atoms with van der Waals surface area (Å²) in [6.07, 6.45) is 0. The lowest BCUT2D eigenvalue weighted by molar-refractivity contribution is 0.0790. The van der Waals surface area contributed by atoms with Gasteiger partial charge in [0.2, 0.25) is 0 Å². The summed E-state index contributed by atoms with van der Waals surface area (Å²) in [6, 6.07) is 0. The Bertz CT molecular complexity index is 476. The molecule has 0 bridgehead atoms. The van der Waals surface area contributed by atoms with Gasteiger partial charge in [-0.3, -0.25) is 4.79 Å². The zero-order valence-electron chi connectivity index (χ0n) is 12.6. The van der Waals surface area contributed by atoms with Crippen LogP contribution in [-0.2, 0) is 0 Å². The smallest absolute Gasteiger partial charge is 0.267 e. The van der Waals surface area contributed by atoms with Crippen LogP contribution in [0, 0.1) is 17.8 Å². The normalized spacial score (nSPS) is 22.6. The minimum absolute atomic E-state index is 0.0220. The molecular formula is C14H24N4OS. The van der Waals surface area contributed by atoms with Gasteiger partial charge in [-0.25, -0.2) is 4.98 Å². The molecule has 2 rings (SSSR count). The molecule has 0 aromatic carbocycles. The minimum atomic E-state index is 0.0220. The zero-order valence-corrected chi connectivity index (χ0v) is 13.5. The van der Waals surface area contributed by atoms with Crippen LogP contribution in [0.25, 0.3) is 0 Å². The Labute approximate surface area is 124 Å². The van der Waals surface area contributed by atoms with Gasteiger partial charge in [-0.15, -0.1) is 0 Å². The summed E-state index contributed by atoms with van der Waals surface area (Å²) in [5.41, 5.74) is 5.90. The molecule has 0 spiro atoms. The van der Waals surface area contributed by atoms with Crippen LogP contribution in [0.5, 0.6) is 0 Å². The molecule has 1 aliphatic heterocycles. The van der Waals surface area contributed by atoms with Gasteiger partial charge in [0.25, 0.3) is 5.91 Å². The summed E-state index contributed by atoms with van der Waals surface area (Å²) < 4.78 is 0. The van der Waals surface area contributed by atoms with E-state index in [0.717, 1.165) is 24.8 Å². The van der Waals surface area contributed by atoms with Gasteiger partial charge in [0.05, 0.1) is 0 Å². The second-order valence-corrected chi connectivity index (χ2v) is 7.17. The third kappa shape index (κ3) is 3.23. The van der Waals surface area contributed by atoms with Gasteiger partial charge in [-0.05, 0) is 17.8 Å². The number of nitrogens with one attached hydrogen (secondary N) is 1. The maximum Gasteiger partial charge on any atom is 0.267 e. The second kappa shape index (κ2) is 5.99. The molecule has 0 aliphatic carbocycles. The molecule has 0 radical (unpaired) electrons. The third-order valence-electron chi connectivity index (χ3n) is 3.78. The molecule has 2 atom stereocenters. The highest BCUT2D eigenvalue weighted by molar-refractivity contribution is 7.18. The Balaban J connectivity index is 2.07. The lowest BCUT2D eigenvalue weighted by Crippen LogP contribution is -2.28. The average molecular weight is 296 g/mol. The number of thiazole rings is 1. The fraction of sp³-hybridized carbons (Fsp3) is 0.714. The monoisotopic (exact) mass is 296 g/mol. The lowest BCUT2D eigenvalue weighted by atomic mass is 10.0. The van der Waals surface area contributed by atoms with Crippen LogP contribution in [0.15, 0.2) is 0 Å². The highest BCUT2D eigenvalue weighted by Gasteiger charge is 2.31. The van der Waals surface area contributed by atoms with Gasteiger partial charge in [0, 0.05) is 19.6 Å². The first kappa shape index (κ1) is 15.1. The maximum atomic E-state index is 12.5. The molecule has 1 fully saturated rings. The second-order valence-electron chi connectivity index (χ2n) is 6.17. The summed E-state index contributed by atoms with van der Waals surface area (Å²) >= 11 is 1.36. The van der Waals surface area contributed by atoms with E-state index in [1.165, 1.54) is 11.3 Å². The number of anilines is 2. The molecule has 1 aromatic rings. The zero-order chi connectivity index (χ0) is 14.9. The van der Waals surface area contributed by atoms with Crippen LogP contribution in [-0.4, -0.2) is 35.4 Å². The predicted molar refractivity (Wildman–Crippen MR) is 84.1 cm³/mol. The molecule has 2 heterocycles. The van der Waals surface area contributed by atoms with Crippen LogP contribution < -0.4 is 11.1 Å². The number of likely N-dealkylation sites (tertiary alicyclic amines) is 1. The lowest BCUT2D eigenvalue weighted by Gasteiger charge is -2.14. The van der Waals surface area contributed by atoms with Gasteiger partial charge in [0.15, 0.2) is 5.13 Å². The number of aromatic nitrogens is 1. The molecule has 5 nitrogen and oxygen atoms in total. The van der Waals surface area contributed by atoms with E-state index in [-0.39, 0.29) is 5.91 Å². The maximum absolute atomic E-state index is 12.5. The minimum Gasteiger partial charge on any atom is -0.382 e. The van der Waals surface area contributed by atoms with Crippen LogP contribution in [0.1, 0.15) is 37.4 Å². The van der Waals surface area contributed by atoms with Crippen molar-refractivity contribution in [1.82, 2.24) is 9.88 Å². The number of nitrogens with zero attached hydrogens (tertiary/aromatic N) is 2. The molecule has 20 heavy (non-hydrogen) atoms. The Kier molecular flexibility index (Phi) is 4.52. The van der Waals surface area contributed by atoms with Crippen molar-refractivity contribution in [2.45, 2.75) is 27.7 Å². The molecule has 1 amide bonds. The summed E-state index contributed by atoms with van der Waals surface area (Å²) in [6.45, 7) is 11.1. The van der Waals surface area contributed by atoms with Crippen LogP contribution in [0.3, 0.4) is 0 Å². The van der Waals surface area contributed by atoms with Gasteiger partial charge in [-0.1, -0.05) is 39.0 Å². The molecule has 6 heteroatoms. The Hall–Kier alpha value is -1.30. The number of hydrogen-bond acceptors (Lipinski definition) is 5. The number of amides is 1. The highest BCUT2D eigenvalue weighted by atomic mass is 32.1. The number of hydrogen-bond donors (Lipinski definition) is 2. The van der Waals surface area contributed by atoms with Crippen molar-refractivity contribution in [1.29, 1.82) is 0 Å². The van der Waals surface area contributed by atoms with Crippen LogP contribution in [0.4, 0.5) is 10.9 Å². The van der Waals surface area contributed by atoms with E-state index in [4.69, 9.17) is 5.73 Å². The highest BCUT2D eigenvalue weighted by Crippen LogP contribution is 2.30. The Morgan fingerprint density at radius 3 is 2.60 bits per heavy atom. The van der Waals surface area contributed by atoms with E-state index in [0.29, 0.717) is 28.4 Å². The third-order valence-corrected chi connectivity index (χ3v) is 4.80. The van der Waals surface area contributed by atoms with E-state index in [1.807, 2.05) is 4.90 Å². The molecule has 3 N–H and O–H groups in total. The van der Waals surface area contributed by atoms with E-state index in [9.17, 15) is 4.79 Å². The Morgan fingerprint density at radius 2 is 2.05 bits per heavy atom. The van der Waals surface area contributed by atoms with Crippen LogP contribution in [0.2, 0.25) is 0 Å². The predicted octanol–water partition coefficient (Wildman–Crippen LogP) is 2.52. The van der Waals surface area contributed by atoms with Crippen molar-refractivity contribution >= 4 is 28.2 Å². The van der Waals surface area contributed by atoms with Crippen LogP contribution >= 0.6 is 11.3 Å². The van der Waals surface area contributed by atoms with E-state index >= 15 is 0 Å².